The quantitative estimate of drug-likeness (QED) is 0.816. The van der Waals surface area contributed by atoms with Crippen molar-refractivity contribution in [3.8, 4) is 0 Å². The van der Waals surface area contributed by atoms with Gasteiger partial charge in [-0.1, -0.05) is 5.10 Å². The van der Waals surface area contributed by atoms with Crippen LogP contribution in [0.3, 0.4) is 0 Å². The minimum absolute atomic E-state index is 0.219. The molecule has 2 atom stereocenters. The van der Waals surface area contributed by atoms with Crippen LogP contribution in [-0.2, 0) is 6.42 Å². The summed E-state index contributed by atoms with van der Waals surface area (Å²) in [6, 6.07) is 4.24. The third kappa shape index (κ3) is 3.33. The van der Waals surface area contributed by atoms with E-state index in [0.717, 1.165) is 18.6 Å². The lowest BCUT2D eigenvalue weighted by Crippen LogP contribution is -2.16. The molecule has 0 bridgehead atoms. The topological polar surface area (TPSA) is 90.1 Å². The highest BCUT2D eigenvalue weighted by molar-refractivity contribution is 5.19. The van der Waals surface area contributed by atoms with Gasteiger partial charge in [-0.05, 0) is 32.4 Å². The van der Waals surface area contributed by atoms with Crippen molar-refractivity contribution in [2.75, 3.05) is 5.32 Å². The summed E-state index contributed by atoms with van der Waals surface area (Å²) in [5, 5.41) is 10.9. The van der Waals surface area contributed by atoms with E-state index in [0.29, 0.717) is 11.9 Å². The zero-order valence-corrected chi connectivity index (χ0v) is 10.6. The Morgan fingerprint density at radius 1 is 1.39 bits per heavy atom. The Labute approximate surface area is 106 Å². The molecule has 0 aromatic carbocycles. The first kappa shape index (κ1) is 12.6. The zero-order valence-electron chi connectivity index (χ0n) is 10.6. The van der Waals surface area contributed by atoms with Gasteiger partial charge in [-0.25, -0.2) is 0 Å². The molecule has 98 valence electrons. The lowest BCUT2D eigenvalue weighted by Gasteiger charge is -2.10. The van der Waals surface area contributed by atoms with Crippen molar-refractivity contribution in [2.45, 2.75) is 38.8 Å². The number of furan rings is 1. The third-order valence-electron chi connectivity index (χ3n) is 2.60. The largest absolute Gasteiger partial charge is 0.469 e. The van der Waals surface area contributed by atoms with Crippen molar-refractivity contribution < 1.29 is 8.83 Å². The standard InChI is InChI=1S/C12H18N4O2/c1-8(5-6-10-4-3-7-17-10)14-12-16-15-11(18-12)9(2)13/h3-4,7-9H,5-6,13H2,1-2H3,(H,14,16). The van der Waals surface area contributed by atoms with Crippen LogP contribution < -0.4 is 11.1 Å². The Morgan fingerprint density at radius 3 is 2.83 bits per heavy atom. The van der Waals surface area contributed by atoms with E-state index in [-0.39, 0.29) is 12.1 Å². The van der Waals surface area contributed by atoms with Crippen LogP contribution >= 0.6 is 0 Å². The van der Waals surface area contributed by atoms with Crippen molar-refractivity contribution in [1.82, 2.24) is 10.2 Å². The first-order valence-electron chi connectivity index (χ1n) is 6.03. The molecule has 0 aliphatic rings. The highest BCUT2D eigenvalue weighted by atomic mass is 16.4. The number of nitrogens with zero attached hydrogens (tertiary/aromatic N) is 2. The molecule has 6 nitrogen and oxygen atoms in total. The molecule has 0 aliphatic carbocycles. The smallest absolute Gasteiger partial charge is 0.315 e. The maximum atomic E-state index is 5.64. The Bertz CT molecular complexity index is 464. The molecule has 0 saturated heterocycles. The van der Waals surface area contributed by atoms with Crippen LogP contribution in [0.15, 0.2) is 27.2 Å². The number of rotatable bonds is 6. The molecule has 0 radical (unpaired) electrons. The number of nitrogens with two attached hydrogens (primary N) is 1. The van der Waals surface area contributed by atoms with Crippen molar-refractivity contribution >= 4 is 6.01 Å². The van der Waals surface area contributed by atoms with Crippen LogP contribution in [0.1, 0.15) is 38.0 Å². The second-order valence-corrected chi connectivity index (χ2v) is 4.40. The molecule has 18 heavy (non-hydrogen) atoms. The van der Waals surface area contributed by atoms with Crippen LogP contribution in [0, 0.1) is 0 Å². The van der Waals surface area contributed by atoms with Crippen molar-refractivity contribution in [3.05, 3.63) is 30.0 Å². The van der Waals surface area contributed by atoms with Gasteiger partial charge in [0.05, 0.1) is 12.3 Å². The minimum Gasteiger partial charge on any atom is -0.469 e. The second-order valence-electron chi connectivity index (χ2n) is 4.40. The van der Waals surface area contributed by atoms with Crippen LogP contribution in [0.2, 0.25) is 0 Å². The van der Waals surface area contributed by atoms with Crippen LogP contribution in [0.4, 0.5) is 6.01 Å². The third-order valence-corrected chi connectivity index (χ3v) is 2.60. The highest BCUT2D eigenvalue weighted by Crippen LogP contribution is 2.14. The SMILES string of the molecule is CC(CCc1ccco1)Nc1nnc(C(C)N)o1. The van der Waals surface area contributed by atoms with E-state index in [1.807, 2.05) is 12.1 Å². The van der Waals surface area contributed by atoms with Crippen LogP contribution in [0.25, 0.3) is 0 Å². The van der Waals surface area contributed by atoms with Gasteiger partial charge in [-0.3, -0.25) is 0 Å². The van der Waals surface area contributed by atoms with E-state index in [1.165, 1.54) is 0 Å². The van der Waals surface area contributed by atoms with E-state index in [1.54, 1.807) is 13.2 Å². The summed E-state index contributed by atoms with van der Waals surface area (Å²) in [4.78, 5) is 0. The molecule has 2 aromatic heterocycles. The summed E-state index contributed by atoms with van der Waals surface area (Å²) in [6.07, 6.45) is 3.47. The van der Waals surface area contributed by atoms with Gasteiger partial charge in [0.1, 0.15) is 5.76 Å². The Kier molecular flexibility index (Phi) is 3.99. The number of aryl methyl sites for hydroxylation is 1. The van der Waals surface area contributed by atoms with E-state index < -0.39 is 0 Å². The maximum absolute atomic E-state index is 5.64. The summed E-state index contributed by atoms with van der Waals surface area (Å²) >= 11 is 0. The lowest BCUT2D eigenvalue weighted by atomic mass is 10.1. The molecule has 2 heterocycles. The van der Waals surface area contributed by atoms with Gasteiger partial charge in [0.2, 0.25) is 5.89 Å². The summed E-state index contributed by atoms with van der Waals surface area (Å²) < 4.78 is 10.6. The van der Waals surface area contributed by atoms with Gasteiger partial charge in [0.25, 0.3) is 0 Å². The number of aromatic nitrogens is 2. The number of nitrogens with one attached hydrogen (secondary N) is 1. The van der Waals surface area contributed by atoms with Crippen molar-refractivity contribution in [2.24, 2.45) is 5.73 Å². The average Bonchev–Trinajstić information content (AvgIpc) is 2.96. The van der Waals surface area contributed by atoms with E-state index >= 15 is 0 Å². The fourth-order valence-electron chi connectivity index (χ4n) is 1.57. The molecule has 3 N–H and O–H groups in total. The normalized spacial score (nSPS) is 14.4. The molecule has 0 saturated carbocycles. The predicted octanol–water partition coefficient (Wildman–Crippen LogP) is 2.12. The lowest BCUT2D eigenvalue weighted by molar-refractivity contribution is 0.463. The van der Waals surface area contributed by atoms with E-state index in [4.69, 9.17) is 14.6 Å². The molecular formula is C12H18N4O2. The first-order valence-corrected chi connectivity index (χ1v) is 6.03. The predicted molar refractivity (Wildman–Crippen MR) is 67.0 cm³/mol. The Balaban J connectivity index is 1.81. The molecule has 0 spiro atoms. The minimum atomic E-state index is -0.244. The number of anilines is 1. The molecular weight excluding hydrogens is 232 g/mol. The summed E-state index contributed by atoms with van der Waals surface area (Å²) in [5.41, 5.74) is 5.64. The fraction of sp³-hybridized carbons (Fsp3) is 0.500. The van der Waals surface area contributed by atoms with Gasteiger partial charge in [0, 0.05) is 12.5 Å². The monoisotopic (exact) mass is 250 g/mol. The van der Waals surface area contributed by atoms with Gasteiger partial charge in [-0.2, -0.15) is 0 Å². The molecule has 2 unspecified atom stereocenters. The molecule has 0 aliphatic heterocycles. The average molecular weight is 250 g/mol. The van der Waals surface area contributed by atoms with E-state index in [9.17, 15) is 0 Å². The zero-order chi connectivity index (χ0) is 13.0. The number of hydrogen-bond donors (Lipinski definition) is 2. The first-order chi connectivity index (χ1) is 8.65. The second kappa shape index (κ2) is 5.68. The van der Waals surface area contributed by atoms with Gasteiger partial charge in [-0.15, -0.1) is 5.10 Å². The van der Waals surface area contributed by atoms with Crippen LogP contribution in [-0.4, -0.2) is 16.2 Å². The van der Waals surface area contributed by atoms with Gasteiger partial charge >= 0.3 is 6.01 Å². The van der Waals surface area contributed by atoms with Gasteiger partial charge in [0.15, 0.2) is 0 Å². The van der Waals surface area contributed by atoms with Crippen molar-refractivity contribution in [1.29, 1.82) is 0 Å². The Morgan fingerprint density at radius 2 is 2.22 bits per heavy atom. The van der Waals surface area contributed by atoms with Gasteiger partial charge < -0.3 is 19.9 Å². The maximum Gasteiger partial charge on any atom is 0.315 e. The molecule has 2 aromatic rings. The van der Waals surface area contributed by atoms with Crippen LogP contribution in [0.5, 0.6) is 0 Å². The summed E-state index contributed by atoms with van der Waals surface area (Å²) in [5.74, 6) is 1.42. The Hall–Kier alpha value is -1.82. The molecule has 6 heteroatoms. The number of hydrogen-bond acceptors (Lipinski definition) is 6. The fourth-order valence-corrected chi connectivity index (χ4v) is 1.57. The molecule has 2 rings (SSSR count). The summed E-state index contributed by atoms with van der Waals surface area (Å²) in [7, 11) is 0. The molecule has 0 fully saturated rings. The van der Waals surface area contributed by atoms with E-state index in [2.05, 4.69) is 22.4 Å². The summed E-state index contributed by atoms with van der Waals surface area (Å²) in [6.45, 7) is 3.86. The van der Waals surface area contributed by atoms with Crippen molar-refractivity contribution in [3.63, 3.8) is 0 Å². The highest BCUT2D eigenvalue weighted by Gasteiger charge is 2.12. The molecule has 0 amide bonds.